The van der Waals surface area contributed by atoms with E-state index in [1.165, 1.54) is 6.07 Å². The van der Waals surface area contributed by atoms with Crippen LogP contribution in [0.25, 0.3) is 11.1 Å². The molecule has 5 heteroatoms. The Morgan fingerprint density at radius 3 is 2.46 bits per heavy atom. The third-order valence-electron chi connectivity index (χ3n) is 5.39. The average Bonchev–Trinajstić information content (AvgIpc) is 3.48. The Kier molecular flexibility index (Phi) is 4.21. The molecule has 132 valence electrons. The molecule has 0 bridgehead atoms. The van der Waals surface area contributed by atoms with Gasteiger partial charge in [0, 0.05) is 17.4 Å². The van der Waals surface area contributed by atoms with Crippen molar-refractivity contribution < 1.29 is 14.3 Å². The summed E-state index contributed by atoms with van der Waals surface area (Å²) in [5.41, 5.74) is 2.16. The molecule has 0 aromatic heterocycles. The summed E-state index contributed by atoms with van der Waals surface area (Å²) in [7, 11) is 0. The summed E-state index contributed by atoms with van der Waals surface area (Å²) < 4.78 is 13.9. The van der Waals surface area contributed by atoms with Crippen LogP contribution in [0.15, 0.2) is 48.5 Å². The molecule has 3 atom stereocenters. The van der Waals surface area contributed by atoms with Gasteiger partial charge in [-0.3, -0.25) is 4.79 Å². The molecule has 1 aliphatic heterocycles. The Balaban J connectivity index is 1.60. The van der Waals surface area contributed by atoms with Crippen LogP contribution < -0.4 is 0 Å². The standard InChI is InChI=1S/C21H19FN2O2/c22-17-4-2-1-3-16(17)13-5-7-14(8-6-13)20-18(11-23)24(19(20)12-25)21(26)15-9-10-15/h1-8,15,18-20,25H,9-10,12H2/t18-,19+,20+/m1/s1. The lowest BCUT2D eigenvalue weighted by Crippen LogP contribution is -2.65. The van der Waals surface area contributed by atoms with Crippen LogP contribution in [0.5, 0.6) is 0 Å². The van der Waals surface area contributed by atoms with Crippen molar-refractivity contribution in [3.05, 3.63) is 59.9 Å². The minimum Gasteiger partial charge on any atom is -0.394 e. The van der Waals surface area contributed by atoms with Gasteiger partial charge in [-0.1, -0.05) is 42.5 Å². The lowest BCUT2D eigenvalue weighted by atomic mass is 9.75. The summed E-state index contributed by atoms with van der Waals surface area (Å²) in [5.74, 6) is -0.505. The smallest absolute Gasteiger partial charge is 0.227 e. The monoisotopic (exact) mass is 350 g/mol. The van der Waals surface area contributed by atoms with Crippen molar-refractivity contribution in [1.29, 1.82) is 5.26 Å². The average molecular weight is 350 g/mol. The number of likely N-dealkylation sites (tertiary alicyclic amines) is 1. The van der Waals surface area contributed by atoms with Crippen LogP contribution in [-0.2, 0) is 4.79 Å². The Bertz CT molecular complexity index is 870. The van der Waals surface area contributed by atoms with Gasteiger partial charge >= 0.3 is 0 Å². The highest BCUT2D eigenvalue weighted by atomic mass is 19.1. The molecule has 0 radical (unpaired) electrons. The second kappa shape index (κ2) is 6.54. The fourth-order valence-electron chi connectivity index (χ4n) is 3.83. The van der Waals surface area contributed by atoms with Crippen LogP contribution in [0.2, 0.25) is 0 Å². The number of carbonyl (C=O) groups excluding carboxylic acids is 1. The van der Waals surface area contributed by atoms with Crippen molar-refractivity contribution in [3.63, 3.8) is 0 Å². The van der Waals surface area contributed by atoms with Gasteiger partial charge in [-0.05, 0) is 30.0 Å². The molecule has 1 saturated heterocycles. The molecule has 0 spiro atoms. The van der Waals surface area contributed by atoms with Crippen LogP contribution in [-0.4, -0.2) is 34.6 Å². The van der Waals surface area contributed by atoms with E-state index in [9.17, 15) is 19.6 Å². The van der Waals surface area contributed by atoms with Crippen LogP contribution in [0.4, 0.5) is 4.39 Å². The normalized spacial score (nSPS) is 24.7. The van der Waals surface area contributed by atoms with E-state index in [2.05, 4.69) is 6.07 Å². The fourth-order valence-corrected chi connectivity index (χ4v) is 3.83. The van der Waals surface area contributed by atoms with Gasteiger partial charge in [0.2, 0.25) is 5.91 Å². The number of carbonyl (C=O) groups is 1. The number of nitrogens with zero attached hydrogens (tertiary/aromatic N) is 2. The second-order valence-corrected chi connectivity index (χ2v) is 6.97. The number of hydrogen-bond donors (Lipinski definition) is 1. The first-order chi connectivity index (χ1) is 12.7. The van der Waals surface area contributed by atoms with E-state index in [1.807, 2.05) is 24.3 Å². The summed E-state index contributed by atoms with van der Waals surface area (Å²) in [6.45, 7) is -0.170. The molecule has 4 nitrogen and oxygen atoms in total. The quantitative estimate of drug-likeness (QED) is 0.922. The molecule has 2 aromatic rings. The summed E-state index contributed by atoms with van der Waals surface area (Å²) in [6.07, 6.45) is 1.74. The Hall–Kier alpha value is -2.71. The SMILES string of the molecule is N#C[C@@H]1[C@H](c2ccc(-c3ccccc3F)cc2)[C@H](CO)N1C(=O)C1CC1. The third-order valence-corrected chi connectivity index (χ3v) is 5.39. The van der Waals surface area contributed by atoms with E-state index in [1.54, 1.807) is 23.1 Å². The molecule has 26 heavy (non-hydrogen) atoms. The highest BCUT2D eigenvalue weighted by Gasteiger charge is 2.53. The van der Waals surface area contributed by atoms with Gasteiger partial charge in [-0.2, -0.15) is 5.26 Å². The van der Waals surface area contributed by atoms with E-state index in [4.69, 9.17) is 0 Å². The minimum absolute atomic E-state index is 0.0179. The first-order valence-electron chi connectivity index (χ1n) is 8.83. The molecule has 2 aliphatic rings. The second-order valence-electron chi connectivity index (χ2n) is 6.97. The van der Waals surface area contributed by atoms with Crippen LogP contribution in [0.1, 0.15) is 24.3 Å². The highest BCUT2D eigenvalue weighted by molar-refractivity contribution is 5.83. The predicted molar refractivity (Wildman–Crippen MR) is 94.4 cm³/mol. The molecule has 1 amide bonds. The number of amides is 1. The van der Waals surface area contributed by atoms with Crippen molar-refractivity contribution in [1.82, 2.24) is 4.90 Å². The Labute approximate surface area is 151 Å². The Morgan fingerprint density at radius 1 is 1.19 bits per heavy atom. The zero-order chi connectivity index (χ0) is 18.3. The van der Waals surface area contributed by atoms with Crippen LogP contribution >= 0.6 is 0 Å². The first kappa shape index (κ1) is 16.7. The van der Waals surface area contributed by atoms with E-state index in [-0.39, 0.29) is 36.2 Å². The van der Waals surface area contributed by atoms with Gasteiger partial charge in [0.05, 0.1) is 18.7 Å². The molecule has 1 N–H and O–H groups in total. The number of hydrogen-bond acceptors (Lipinski definition) is 3. The molecule has 2 fully saturated rings. The van der Waals surface area contributed by atoms with Crippen LogP contribution in [0, 0.1) is 23.1 Å². The topological polar surface area (TPSA) is 64.3 Å². The maximum Gasteiger partial charge on any atom is 0.227 e. The molecular weight excluding hydrogens is 331 g/mol. The largest absolute Gasteiger partial charge is 0.394 e. The van der Waals surface area contributed by atoms with Crippen molar-refractivity contribution in [2.45, 2.75) is 30.8 Å². The number of rotatable bonds is 4. The van der Waals surface area contributed by atoms with Gasteiger partial charge in [0.15, 0.2) is 0 Å². The Morgan fingerprint density at radius 2 is 1.88 bits per heavy atom. The van der Waals surface area contributed by atoms with Crippen molar-refractivity contribution in [2.24, 2.45) is 5.92 Å². The third kappa shape index (κ3) is 2.67. The number of aliphatic hydroxyl groups excluding tert-OH is 1. The van der Waals surface area contributed by atoms with Gasteiger partial charge in [-0.15, -0.1) is 0 Å². The van der Waals surface area contributed by atoms with Crippen LogP contribution in [0.3, 0.4) is 0 Å². The van der Waals surface area contributed by atoms with E-state index in [0.717, 1.165) is 24.0 Å². The summed E-state index contributed by atoms with van der Waals surface area (Å²) in [6, 6.07) is 15.2. The first-order valence-corrected chi connectivity index (χ1v) is 8.83. The minimum atomic E-state index is -0.556. The van der Waals surface area contributed by atoms with E-state index >= 15 is 0 Å². The molecule has 1 aliphatic carbocycles. The van der Waals surface area contributed by atoms with Gasteiger partial charge < -0.3 is 10.0 Å². The fraction of sp³-hybridized carbons (Fsp3) is 0.333. The zero-order valence-corrected chi connectivity index (χ0v) is 14.2. The van der Waals surface area contributed by atoms with Crippen molar-refractivity contribution >= 4 is 5.91 Å². The van der Waals surface area contributed by atoms with Gasteiger partial charge in [0.25, 0.3) is 0 Å². The van der Waals surface area contributed by atoms with Crippen molar-refractivity contribution in [2.75, 3.05) is 6.61 Å². The predicted octanol–water partition coefficient (Wildman–Crippen LogP) is 3.08. The van der Waals surface area contributed by atoms with Gasteiger partial charge in [-0.25, -0.2) is 4.39 Å². The van der Waals surface area contributed by atoms with E-state index in [0.29, 0.717) is 5.56 Å². The molecule has 1 heterocycles. The molecular formula is C21H19FN2O2. The van der Waals surface area contributed by atoms with Crippen molar-refractivity contribution in [3.8, 4) is 17.2 Å². The highest BCUT2D eigenvalue weighted by Crippen LogP contribution is 2.44. The number of benzene rings is 2. The lowest BCUT2D eigenvalue weighted by Gasteiger charge is -2.51. The molecule has 1 saturated carbocycles. The molecule has 0 unspecified atom stereocenters. The summed E-state index contributed by atoms with van der Waals surface area (Å²) in [4.78, 5) is 14.0. The summed E-state index contributed by atoms with van der Waals surface area (Å²) in [5, 5.41) is 19.3. The number of nitriles is 1. The maximum atomic E-state index is 13.9. The molecule has 4 rings (SSSR count). The van der Waals surface area contributed by atoms with E-state index < -0.39 is 6.04 Å². The maximum absolute atomic E-state index is 13.9. The summed E-state index contributed by atoms with van der Waals surface area (Å²) >= 11 is 0. The lowest BCUT2D eigenvalue weighted by molar-refractivity contribution is -0.148. The number of halogens is 1. The van der Waals surface area contributed by atoms with Gasteiger partial charge in [0.1, 0.15) is 11.9 Å². The zero-order valence-electron chi connectivity index (χ0n) is 14.2. The molecule has 2 aromatic carbocycles. The number of aliphatic hydroxyl groups is 1.